The summed E-state index contributed by atoms with van der Waals surface area (Å²) in [5.74, 6) is -0.929. The highest BCUT2D eigenvalue weighted by atomic mass is 32.1. The molecule has 0 atom stereocenters. The van der Waals surface area contributed by atoms with Gasteiger partial charge in [0.25, 0.3) is 11.8 Å². The standard InChI is InChI=1S/C22H19FN2O5S/c1-13(26)15-5-8-17(18(11-15)29-2)30-12-21(27)24-25-22(28)20-10-9-19(31-20)14-3-6-16(23)7-4-14/h3-11H,12H2,1-2H3,(H,24,27)(H,25,28). The molecule has 3 aromatic rings. The summed E-state index contributed by atoms with van der Waals surface area (Å²) in [4.78, 5) is 36.9. The molecule has 31 heavy (non-hydrogen) atoms. The van der Waals surface area contributed by atoms with Gasteiger partial charge in [0.05, 0.1) is 12.0 Å². The largest absolute Gasteiger partial charge is 0.493 e. The van der Waals surface area contributed by atoms with Crippen molar-refractivity contribution in [2.75, 3.05) is 13.7 Å². The summed E-state index contributed by atoms with van der Waals surface area (Å²) in [5.41, 5.74) is 5.83. The lowest BCUT2D eigenvalue weighted by molar-refractivity contribution is -0.123. The number of methoxy groups -OCH3 is 1. The Bertz CT molecular complexity index is 1110. The van der Waals surface area contributed by atoms with Crippen molar-refractivity contribution in [1.82, 2.24) is 10.9 Å². The first-order valence-corrected chi connectivity index (χ1v) is 9.95. The van der Waals surface area contributed by atoms with Crippen LogP contribution in [0.4, 0.5) is 4.39 Å². The molecule has 0 radical (unpaired) electrons. The minimum absolute atomic E-state index is 0.124. The van der Waals surface area contributed by atoms with E-state index in [1.54, 1.807) is 30.3 Å². The molecule has 2 N–H and O–H groups in total. The SMILES string of the molecule is COc1cc(C(C)=O)ccc1OCC(=O)NNC(=O)c1ccc(-c2ccc(F)cc2)s1. The molecule has 1 heterocycles. The van der Waals surface area contributed by atoms with E-state index in [0.717, 1.165) is 10.4 Å². The monoisotopic (exact) mass is 442 g/mol. The van der Waals surface area contributed by atoms with Crippen molar-refractivity contribution in [1.29, 1.82) is 0 Å². The zero-order valence-electron chi connectivity index (χ0n) is 16.7. The molecule has 7 nitrogen and oxygen atoms in total. The van der Waals surface area contributed by atoms with Gasteiger partial charge in [-0.1, -0.05) is 12.1 Å². The van der Waals surface area contributed by atoms with E-state index in [2.05, 4.69) is 10.9 Å². The highest BCUT2D eigenvalue weighted by Gasteiger charge is 2.13. The molecular formula is C22H19FN2O5S. The Hall–Kier alpha value is -3.72. The number of amides is 2. The topological polar surface area (TPSA) is 93.7 Å². The number of thiophene rings is 1. The first-order chi connectivity index (χ1) is 14.9. The first-order valence-electron chi connectivity index (χ1n) is 9.14. The minimum Gasteiger partial charge on any atom is -0.493 e. The molecule has 160 valence electrons. The number of nitrogens with one attached hydrogen (secondary N) is 2. The van der Waals surface area contributed by atoms with E-state index >= 15 is 0 Å². The maximum Gasteiger partial charge on any atom is 0.279 e. The zero-order chi connectivity index (χ0) is 22.4. The number of carbonyl (C=O) groups is 3. The lowest BCUT2D eigenvalue weighted by atomic mass is 10.1. The molecule has 0 spiro atoms. The van der Waals surface area contributed by atoms with Gasteiger partial charge in [0.2, 0.25) is 0 Å². The number of benzene rings is 2. The Morgan fingerprint density at radius 1 is 0.968 bits per heavy atom. The Labute approximate surface area is 181 Å². The van der Waals surface area contributed by atoms with Gasteiger partial charge in [-0.25, -0.2) is 4.39 Å². The Balaban J connectivity index is 1.52. The molecule has 0 saturated carbocycles. The fraction of sp³-hybridized carbons (Fsp3) is 0.136. The number of carbonyl (C=O) groups excluding carboxylic acids is 3. The highest BCUT2D eigenvalue weighted by molar-refractivity contribution is 7.17. The number of ketones is 1. The number of hydrogen-bond acceptors (Lipinski definition) is 6. The minimum atomic E-state index is -0.582. The van der Waals surface area contributed by atoms with Gasteiger partial charge in [0.15, 0.2) is 23.9 Å². The summed E-state index contributed by atoms with van der Waals surface area (Å²) >= 11 is 1.21. The smallest absolute Gasteiger partial charge is 0.279 e. The van der Waals surface area contributed by atoms with Crippen LogP contribution in [-0.2, 0) is 4.79 Å². The predicted octanol–water partition coefficient (Wildman–Crippen LogP) is 3.61. The van der Waals surface area contributed by atoms with Crippen molar-refractivity contribution >= 4 is 28.9 Å². The number of hydrazine groups is 1. The third-order valence-electron chi connectivity index (χ3n) is 4.20. The average Bonchev–Trinajstić information content (AvgIpc) is 3.26. The molecule has 3 rings (SSSR count). The quantitative estimate of drug-likeness (QED) is 0.431. The number of halogens is 1. The van der Waals surface area contributed by atoms with E-state index in [9.17, 15) is 18.8 Å². The van der Waals surface area contributed by atoms with E-state index in [4.69, 9.17) is 9.47 Å². The lowest BCUT2D eigenvalue weighted by Gasteiger charge is -2.12. The first kappa shape index (κ1) is 22.0. The van der Waals surface area contributed by atoms with Gasteiger partial charge in [-0.05, 0) is 55.0 Å². The van der Waals surface area contributed by atoms with Gasteiger partial charge in [-0.15, -0.1) is 11.3 Å². The lowest BCUT2D eigenvalue weighted by Crippen LogP contribution is -2.43. The van der Waals surface area contributed by atoms with Crippen molar-refractivity contribution in [3.63, 3.8) is 0 Å². The summed E-state index contributed by atoms with van der Waals surface area (Å²) < 4.78 is 23.6. The van der Waals surface area contributed by atoms with Crippen LogP contribution in [0.25, 0.3) is 10.4 Å². The molecule has 0 saturated heterocycles. The molecule has 2 aromatic carbocycles. The fourth-order valence-electron chi connectivity index (χ4n) is 2.60. The summed E-state index contributed by atoms with van der Waals surface area (Å²) in [6.07, 6.45) is 0. The highest BCUT2D eigenvalue weighted by Crippen LogP contribution is 2.29. The molecule has 9 heteroatoms. The van der Waals surface area contributed by atoms with Crippen molar-refractivity contribution in [2.45, 2.75) is 6.92 Å². The number of Topliss-reactive ketones (excluding diaryl/α,β-unsaturated/α-hetero) is 1. The summed E-state index contributed by atoms with van der Waals surface area (Å²) in [6.45, 7) is 1.06. The molecule has 1 aromatic heterocycles. The van der Waals surface area contributed by atoms with Crippen LogP contribution in [0.5, 0.6) is 11.5 Å². The average molecular weight is 442 g/mol. The Morgan fingerprint density at radius 3 is 2.39 bits per heavy atom. The summed E-state index contributed by atoms with van der Waals surface area (Å²) in [6, 6.07) is 13.9. The number of rotatable bonds is 7. The van der Waals surface area contributed by atoms with Gasteiger partial charge in [-0.2, -0.15) is 0 Å². The second kappa shape index (κ2) is 9.86. The second-order valence-electron chi connectivity index (χ2n) is 6.38. The van der Waals surface area contributed by atoms with E-state index in [1.807, 2.05) is 0 Å². The van der Waals surface area contributed by atoms with Crippen molar-refractivity contribution in [3.8, 4) is 21.9 Å². The van der Waals surface area contributed by atoms with Crippen LogP contribution < -0.4 is 20.3 Å². The van der Waals surface area contributed by atoms with Crippen LogP contribution in [0.1, 0.15) is 27.0 Å². The zero-order valence-corrected chi connectivity index (χ0v) is 17.5. The predicted molar refractivity (Wildman–Crippen MR) is 114 cm³/mol. The molecule has 0 unspecified atom stereocenters. The van der Waals surface area contributed by atoms with Crippen LogP contribution in [0.2, 0.25) is 0 Å². The number of hydrogen-bond donors (Lipinski definition) is 2. The van der Waals surface area contributed by atoms with Gasteiger partial charge < -0.3 is 9.47 Å². The summed E-state index contributed by atoms with van der Waals surface area (Å²) in [7, 11) is 1.42. The summed E-state index contributed by atoms with van der Waals surface area (Å²) in [5, 5.41) is 0. The van der Waals surface area contributed by atoms with Crippen molar-refractivity contribution < 1.29 is 28.2 Å². The third kappa shape index (κ3) is 5.67. The molecule has 0 aliphatic heterocycles. The molecule has 0 bridgehead atoms. The number of ether oxygens (including phenoxy) is 2. The van der Waals surface area contributed by atoms with E-state index in [0.29, 0.717) is 16.2 Å². The maximum absolute atomic E-state index is 13.0. The van der Waals surface area contributed by atoms with Crippen LogP contribution >= 0.6 is 11.3 Å². The Kier molecular flexibility index (Phi) is 6.99. The Morgan fingerprint density at radius 2 is 1.71 bits per heavy atom. The van der Waals surface area contributed by atoms with Gasteiger partial charge >= 0.3 is 0 Å². The van der Waals surface area contributed by atoms with Crippen LogP contribution in [-0.4, -0.2) is 31.3 Å². The third-order valence-corrected chi connectivity index (χ3v) is 5.34. The second-order valence-corrected chi connectivity index (χ2v) is 7.47. The molecule has 0 fully saturated rings. The molecular weight excluding hydrogens is 423 g/mol. The van der Waals surface area contributed by atoms with Crippen LogP contribution in [0.3, 0.4) is 0 Å². The molecule has 0 aliphatic rings. The normalized spacial score (nSPS) is 10.3. The molecule has 2 amide bonds. The molecule has 0 aliphatic carbocycles. The van der Waals surface area contributed by atoms with Crippen LogP contribution in [0.15, 0.2) is 54.6 Å². The van der Waals surface area contributed by atoms with Gasteiger partial charge in [0.1, 0.15) is 5.82 Å². The van der Waals surface area contributed by atoms with E-state index in [-0.39, 0.29) is 24.0 Å². The van der Waals surface area contributed by atoms with Crippen molar-refractivity contribution in [2.24, 2.45) is 0 Å². The van der Waals surface area contributed by atoms with E-state index < -0.39 is 11.8 Å². The van der Waals surface area contributed by atoms with Crippen LogP contribution in [0, 0.1) is 5.82 Å². The van der Waals surface area contributed by atoms with Gasteiger partial charge in [-0.3, -0.25) is 25.2 Å². The van der Waals surface area contributed by atoms with E-state index in [1.165, 1.54) is 49.6 Å². The van der Waals surface area contributed by atoms with Crippen molar-refractivity contribution in [3.05, 3.63) is 70.9 Å². The maximum atomic E-state index is 13.0. The van der Waals surface area contributed by atoms with Gasteiger partial charge in [0, 0.05) is 10.4 Å². The fourth-order valence-corrected chi connectivity index (χ4v) is 3.51.